The Labute approximate surface area is 114 Å². The molecule has 0 bridgehead atoms. The van der Waals surface area contributed by atoms with Crippen molar-refractivity contribution in [3.63, 3.8) is 0 Å². The van der Waals surface area contributed by atoms with Gasteiger partial charge in [-0.05, 0) is 43.0 Å². The number of anilines is 1. The van der Waals surface area contributed by atoms with E-state index in [0.29, 0.717) is 6.54 Å². The largest absolute Gasteiger partial charge is 0.463 e. The van der Waals surface area contributed by atoms with Gasteiger partial charge in [0.2, 0.25) is 0 Å². The number of hydrogen-bond acceptors (Lipinski definition) is 3. The number of nitrogens with zero attached hydrogens (tertiary/aromatic N) is 1. The molecule has 2 aromatic rings. The lowest BCUT2D eigenvalue weighted by molar-refractivity contribution is 0.461. The number of para-hydroxylation sites is 1. The second kappa shape index (κ2) is 5.49. The first-order valence-corrected chi connectivity index (χ1v) is 6.97. The first-order valence-electron chi connectivity index (χ1n) is 6.97. The molecule has 0 aliphatic carbocycles. The van der Waals surface area contributed by atoms with Crippen molar-refractivity contribution in [3.05, 3.63) is 53.5 Å². The maximum atomic E-state index is 5.72. The minimum Gasteiger partial charge on any atom is -0.463 e. The van der Waals surface area contributed by atoms with Crippen molar-refractivity contribution in [3.8, 4) is 0 Å². The zero-order chi connectivity index (χ0) is 13.1. The SMILES string of the molecule is NCc1ccc(CN2CCCCc3ccccc32)o1. The summed E-state index contributed by atoms with van der Waals surface area (Å²) in [5.41, 5.74) is 8.39. The highest BCUT2D eigenvalue weighted by atomic mass is 16.3. The Morgan fingerprint density at radius 1 is 1.05 bits per heavy atom. The van der Waals surface area contributed by atoms with Crippen LogP contribution in [0.25, 0.3) is 0 Å². The van der Waals surface area contributed by atoms with Crippen molar-refractivity contribution in [2.45, 2.75) is 32.4 Å². The van der Waals surface area contributed by atoms with Gasteiger partial charge >= 0.3 is 0 Å². The third kappa shape index (κ3) is 2.66. The van der Waals surface area contributed by atoms with Crippen LogP contribution in [0, 0.1) is 0 Å². The number of nitrogens with two attached hydrogens (primary N) is 1. The fourth-order valence-corrected chi connectivity index (χ4v) is 2.74. The molecule has 1 aromatic heterocycles. The number of benzene rings is 1. The van der Waals surface area contributed by atoms with E-state index in [1.165, 1.54) is 30.5 Å². The Morgan fingerprint density at radius 2 is 1.89 bits per heavy atom. The van der Waals surface area contributed by atoms with Crippen LogP contribution in [-0.4, -0.2) is 6.54 Å². The molecule has 3 nitrogen and oxygen atoms in total. The van der Waals surface area contributed by atoms with Gasteiger partial charge in [0.05, 0.1) is 13.1 Å². The first-order chi connectivity index (χ1) is 9.36. The predicted octanol–water partition coefficient (Wildman–Crippen LogP) is 3.08. The summed E-state index contributed by atoms with van der Waals surface area (Å²) in [6.45, 7) is 2.39. The highest BCUT2D eigenvalue weighted by Gasteiger charge is 2.16. The van der Waals surface area contributed by atoms with E-state index in [1.807, 2.05) is 12.1 Å². The second-order valence-electron chi connectivity index (χ2n) is 5.08. The topological polar surface area (TPSA) is 42.4 Å². The maximum absolute atomic E-state index is 5.72. The first kappa shape index (κ1) is 12.3. The molecule has 0 spiro atoms. The summed E-state index contributed by atoms with van der Waals surface area (Å²) < 4.78 is 5.72. The summed E-state index contributed by atoms with van der Waals surface area (Å²) in [6.07, 6.45) is 3.68. The van der Waals surface area contributed by atoms with E-state index < -0.39 is 0 Å². The van der Waals surface area contributed by atoms with Crippen LogP contribution in [0.2, 0.25) is 0 Å². The summed E-state index contributed by atoms with van der Waals surface area (Å²) in [5.74, 6) is 1.86. The molecule has 19 heavy (non-hydrogen) atoms. The molecular formula is C16H20N2O. The number of hydrogen-bond donors (Lipinski definition) is 1. The van der Waals surface area contributed by atoms with Gasteiger partial charge < -0.3 is 15.1 Å². The van der Waals surface area contributed by atoms with Crippen LogP contribution in [0.1, 0.15) is 29.9 Å². The molecule has 0 saturated carbocycles. The summed E-state index contributed by atoms with van der Waals surface area (Å²) in [7, 11) is 0. The van der Waals surface area contributed by atoms with Gasteiger partial charge in [-0.3, -0.25) is 0 Å². The van der Waals surface area contributed by atoms with Gasteiger partial charge in [-0.1, -0.05) is 18.2 Å². The van der Waals surface area contributed by atoms with Gasteiger partial charge in [0.15, 0.2) is 0 Å². The van der Waals surface area contributed by atoms with Crippen molar-refractivity contribution in [2.24, 2.45) is 5.73 Å². The zero-order valence-electron chi connectivity index (χ0n) is 11.1. The van der Waals surface area contributed by atoms with Crippen molar-refractivity contribution >= 4 is 5.69 Å². The fourth-order valence-electron chi connectivity index (χ4n) is 2.74. The molecule has 3 rings (SSSR count). The minimum atomic E-state index is 0.469. The van der Waals surface area contributed by atoms with Gasteiger partial charge in [-0.2, -0.15) is 0 Å². The van der Waals surface area contributed by atoms with Crippen LogP contribution in [0.4, 0.5) is 5.69 Å². The molecule has 1 aromatic carbocycles. The Balaban J connectivity index is 1.83. The van der Waals surface area contributed by atoms with Crippen LogP contribution in [0.5, 0.6) is 0 Å². The number of rotatable bonds is 3. The normalized spacial score (nSPS) is 15.1. The molecule has 0 radical (unpaired) electrons. The van der Waals surface area contributed by atoms with E-state index in [-0.39, 0.29) is 0 Å². The van der Waals surface area contributed by atoms with Crippen molar-refractivity contribution < 1.29 is 4.42 Å². The van der Waals surface area contributed by atoms with Gasteiger partial charge in [0.25, 0.3) is 0 Å². The van der Waals surface area contributed by atoms with Crippen LogP contribution in [0.3, 0.4) is 0 Å². The second-order valence-corrected chi connectivity index (χ2v) is 5.08. The lowest BCUT2D eigenvalue weighted by Crippen LogP contribution is -2.23. The Kier molecular flexibility index (Phi) is 3.56. The van der Waals surface area contributed by atoms with Crippen LogP contribution >= 0.6 is 0 Å². The molecule has 0 amide bonds. The number of aryl methyl sites for hydroxylation is 1. The Hall–Kier alpha value is -1.74. The predicted molar refractivity (Wildman–Crippen MR) is 77.0 cm³/mol. The van der Waals surface area contributed by atoms with E-state index >= 15 is 0 Å². The quantitative estimate of drug-likeness (QED) is 0.917. The molecule has 2 N–H and O–H groups in total. The zero-order valence-corrected chi connectivity index (χ0v) is 11.1. The number of fused-ring (bicyclic) bond motifs is 1. The van der Waals surface area contributed by atoms with Crippen molar-refractivity contribution in [1.82, 2.24) is 0 Å². The molecule has 0 unspecified atom stereocenters. The molecule has 0 fully saturated rings. The van der Waals surface area contributed by atoms with Crippen LogP contribution in [-0.2, 0) is 19.5 Å². The van der Waals surface area contributed by atoms with E-state index in [0.717, 1.165) is 24.6 Å². The van der Waals surface area contributed by atoms with Gasteiger partial charge in [-0.15, -0.1) is 0 Å². The number of furan rings is 1. The monoisotopic (exact) mass is 256 g/mol. The Bertz CT molecular complexity index is 547. The minimum absolute atomic E-state index is 0.469. The molecule has 2 heterocycles. The third-order valence-electron chi connectivity index (χ3n) is 3.72. The smallest absolute Gasteiger partial charge is 0.123 e. The standard InChI is InChI=1S/C16H20N2O/c17-11-14-8-9-15(19-14)12-18-10-4-3-6-13-5-1-2-7-16(13)18/h1-2,5,7-9H,3-4,6,10-12,17H2. The molecule has 0 saturated heterocycles. The average Bonchev–Trinajstić information content (AvgIpc) is 2.80. The van der Waals surface area contributed by atoms with Crippen LogP contribution in [0.15, 0.2) is 40.8 Å². The molecule has 3 heteroatoms. The third-order valence-corrected chi connectivity index (χ3v) is 3.72. The molecular weight excluding hydrogens is 236 g/mol. The maximum Gasteiger partial charge on any atom is 0.123 e. The molecule has 1 aliphatic heterocycles. The van der Waals surface area contributed by atoms with E-state index in [4.69, 9.17) is 10.2 Å². The van der Waals surface area contributed by atoms with Crippen molar-refractivity contribution in [1.29, 1.82) is 0 Å². The van der Waals surface area contributed by atoms with Gasteiger partial charge in [-0.25, -0.2) is 0 Å². The molecule has 0 atom stereocenters. The summed E-state index contributed by atoms with van der Waals surface area (Å²) in [6, 6.07) is 12.7. The lowest BCUT2D eigenvalue weighted by atomic mass is 10.1. The highest BCUT2D eigenvalue weighted by Crippen LogP contribution is 2.27. The fraction of sp³-hybridized carbons (Fsp3) is 0.375. The Morgan fingerprint density at radius 3 is 2.74 bits per heavy atom. The van der Waals surface area contributed by atoms with Crippen LogP contribution < -0.4 is 10.6 Å². The average molecular weight is 256 g/mol. The lowest BCUT2D eigenvalue weighted by Gasteiger charge is -2.23. The van der Waals surface area contributed by atoms with Gasteiger partial charge in [0.1, 0.15) is 11.5 Å². The molecule has 1 aliphatic rings. The van der Waals surface area contributed by atoms with E-state index in [9.17, 15) is 0 Å². The van der Waals surface area contributed by atoms with E-state index in [2.05, 4.69) is 29.2 Å². The summed E-state index contributed by atoms with van der Waals surface area (Å²) >= 11 is 0. The van der Waals surface area contributed by atoms with Crippen molar-refractivity contribution in [2.75, 3.05) is 11.4 Å². The van der Waals surface area contributed by atoms with Gasteiger partial charge in [0, 0.05) is 12.2 Å². The van der Waals surface area contributed by atoms with E-state index in [1.54, 1.807) is 0 Å². The summed E-state index contributed by atoms with van der Waals surface area (Å²) in [4.78, 5) is 2.42. The highest BCUT2D eigenvalue weighted by molar-refractivity contribution is 5.54. The summed E-state index contributed by atoms with van der Waals surface area (Å²) in [5, 5.41) is 0. The molecule has 100 valence electrons.